The molecule has 0 fully saturated rings. The molecule has 3 aromatic rings. The number of hydrogen-bond acceptors (Lipinski definition) is 5. The molecule has 0 saturated carbocycles. The monoisotopic (exact) mass is 420 g/mol. The van der Waals surface area contributed by atoms with E-state index in [2.05, 4.69) is 10.3 Å². The Morgan fingerprint density at radius 2 is 1.97 bits per heavy atom. The van der Waals surface area contributed by atoms with E-state index in [0.29, 0.717) is 22.2 Å². The summed E-state index contributed by atoms with van der Waals surface area (Å²) in [5.41, 5.74) is -0.176. The van der Waals surface area contributed by atoms with Crippen LogP contribution in [0.1, 0.15) is 16.0 Å². The number of halogens is 3. The first-order valence-electron chi connectivity index (χ1n) is 8.69. The van der Waals surface area contributed by atoms with E-state index in [9.17, 15) is 18.0 Å². The maximum atomic E-state index is 12.8. The van der Waals surface area contributed by atoms with Crippen LogP contribution in [0.5, 0.6) is 11.5 Å². The van der Waals surface area contributed by atoms with Gasteiger partial charge >= 0.3 is 6.18 Å². The first-order chi connectivity index (χ1) is 13.9. The Labute approximate surface area is 168 Å². The molecular formula is C20H15F3N2O3S. The SMILES string of the molecule is O=C(Nc1ncc(Cc2cccc(C(F)(F)F)c2)s1)C1COc2ccccc2O1. The predicted octanol–water partition coefficient (Wildman–Crippen LogP) is 4.53. The summed E-state index contributed by atoms with van der Waals surface area (Å²) >= 11 is 1.20. The predicted molar refractivity (Wildman–Crippen MR) is 101 cm³/mol. The average molecular weight is 420 g/mol. The third kappa shape index (κ3) is 4.51. The van der Waals surface area contributed by atoms with Crippen LogP contribution in [0.3, 0.4) is 0 Å². The summed E-state index contributed by atoms with van der Waals surface area (Å²) in [6, 6.07) is 12.2. The number of thiazole rings is 1. The Morgan fingerprint density at radius 1 is 1.17 bits per heavy atom. The largest absolute Gasteiger partial charge is 0.485 e. The summed E-state index contributed by atoms with van der Waals surface area (Å²) in [5, 5.41) is 3.01. The number of ether oxygens (including phenoxy) is 2. The molecule has 1 atom stereocenters. The fourth-order valence-corrected chi connectivity index (χ4v) is 3.69. The van der Waals surface area contributed by atoms with E-state index in [0.717, 1.165) is 17.0 Å². The lowest BCUT2D eigenvalue weighted by Crippen LogP contribution is -2.40. The van der Waals surface area contributed by atoms with Gasteiger partial charge in [-0.15, -0.1) is 11.3 Å². The molecule has 1 N–H and O–H groups in total. The number of nitrogens with zero attached hydrogens (tertiary/aromatic N) is 1. The molecular weight excluding hydrogens is 405 g/mol. The maximum Gasteiger partial charge on any atom is 0.416 e. The van der Waals surface area contributed by atoms with Gasteiger partial charge in [0.05, 0.1) is 5.56 Å². The number of carbonyl (C=O) groups is 1. The second-order valence-corrected chi connectivity index (χ2v) is 7.48. The van der Waals surface area contributed by atoms with Gasteiger partial charge in [-0.1, -0.05) is 30.3 Å². The number of fused-ring (bicyclic) bond motifs is 1. The number of carbonyl (C=O) groups excluding carboxylic acids is 1. The normalized spacial score (nSPS) is 15.8. The van der Waals surface area contributed by atoms with Crippen molar-refractivity contribution in [2.45, 2.75) is 18.7 Å². The third-order valence-electron chi connectivity index (χ3n) is 4.22. The Kier molecular flexibility index (Phi) is 5.14. The first kappa shape index (κ1) is 19.3. The molecule has 1 aliphatic rings. The summed E-state index contributed by atoms with van der Waals surface area (Å²) in [6.45, 7) is 0.0747. The Morgan fingerprint density at radius 3 is 2.76 bits per heavy atom. The number of rotatable bonds is 4. The molecule has 150 valence electrons. The minimum absolute atomic E-state index is 0.0747. The summed E-state index contributed by atoms with van der Waals surface area (Å²) in [6.07, 6.45) is -3.38. The molecule has 0 saturated heterocycles. The maximum absolute atomic E-state index is 12.8. The fourth-order valence-electron chi connectivity index (χ4n) is 2.84. The molecule has 2 aromatic carbocycles. The van der Waals surface area contributed by atoms with E-state index in [4.69, 9.17) is 9.47 Å². The van der Waals surface area contributed by atoms with Gasteiger partial charge in [0.15, 0.2) is 16.6 Å². The van der Waals surface area contributed by atoms with Gasteiger partial charge in [-0.2, -0.15) is 13.2 Å². The minimum Gasteiger partial charge on any atom is -0.485 e. The molecule has 9 heteroatoms. The molecule has 1 amide bonds. The summed E-state index contributed by atoms with van der Waals surface area (Å²) in [4.78, 5) is 17.3. The molecule has 5 nitrogen and oxygen atoms in total. The molecule has 0 bridgehead atoms. The summed E-state index contributed by atoms with van der Waals surface area (Å²) < 4.78 is 49.7. The minimum atomic E-state index is -4.39. The highest BCUT2D eigenvalue weighted by Gasteiger charge is 2.30. The molecule has 0 aliphatic carbocycles. The van der Waals surface area contributed by atoms with E-state index in [1.165, 1.54) is 23.6 Å². The van der Waals surface area contributed by atoms with Crippen molar-refractivity contribution < 1.29 is 27.4 Å². The highest BCUT2D eigenvalue weighted by Crippen LogP contribution is 2.32. The Bertz CT molecular complexity index is 1040. The fraction of sp³-hybridized carbons (Fsp3) is 0.200. The van der Waals surface area contributed by atoms with Crippen molar-refractivity contribution in [1.29, 1.82) is 0 Å². The highest BCUT2D eigenvalue weighted by molar-refractivity contribution is 7.15. The van der Waals surface area contributed by atoms with Crippen molar-refractivity contribution in [3.05, 3.63) is 70.7 Å². The van der Waals surface area contributed by atoms with Crippen LogP contribution < -0.4 is 14.8 Å². The van der Waals surface area contributed by atoms with Crippen LogP contribution in [0, 0.1) is 0 Å². The number of para-hydroxylation sites is 2. The van der Waals surface area contributed by atoms with Crippen molar-refractivity contribution in [3.8, 4) is 11.5 Å². The van der Waals surface area contributed by atoms with Crippen molar-refractivity contribution in [2.24, 2.45) is 0 Å². The number of nitrogens with one attached hydrogen (secondary N) is 1. The second kappa shape index (κ2) is 7.75. The molecule has 4 rings (SSSR count). The second-order valence-electron chi connectivity index (χ2n) is 6.36. The lowest BCUT2D eigenvalue weighted by atomic mass is 10.1. The average Bonchev–Trinajstić information content (AvgIpc) is 3.13. The van der Waals surface area contributed by atoms with Crippen LogP contribution in [0.4, 0.5) is 18.3 Å². The van der Waals surface area contributed by atoms with Gasteiger partial charge < -0.3 is 9.47 Å². The lowest BCUT2D eigenvalue weighted by molar-refractivity contribution is -0.137. The molecule has 1 unspecified atom stereocenters. The van der Waals surface area contributed by atoms with Gasteiger partial charge in [0.25, 0.3) is 5.91 Å². The van der Waals surface area contributed by atoms with Crippen LogP contribution in [-0.4, -0.2) is 23.6 Å². The van der Waals surface area contributed by atoms with Gasteiger partial charge in [0, 0.05) is 17.5 Å². The molecule has 0 radical (unpaired) electrons. The van der Waals surface area contributed by atoms with E-state index in [1.54, 1.807) is 24.3 Å². The number of amides is 1. The number of alkyl halides is 3. The number of anilines is 1. The molecule has 2 heterocycles. The van der Waals surface area contributed by atoms with E-state index >= 15 is 0 Å². The van der Waals surface area contributed by atoms with Crippen molar-refractivity contribution in [2.75, 3.05) is 11.9 Å². The Hall–Kier alpha value is -3.07. The van der Waals surface area contributed by atoms with Crippen LogP contribution >= 0.6 is 11.3 Å². The number of benzene rings is 2. The summed E-state index contributed by atoms with van der Waals surface area (Å²) in [7, 11) is 0. The van der Waals surface area contributed by atoms with Crippen LogP contribution in [0.15, 0.2) is 54.7 Å². The van der Waals surface area contributed by atoms with Crippen LogP contribution in [-0.2, 0) is 17.4 Å². The lowest BCUT2D eigenvalue weighted by Gasteiger charge is -2.25. The van der Waals surface area contributed by atoms with Gasteiger partial charge in [-0.05, 0) is 23.8 Å². The number of aromatic nitrogens is 1. The van der Waals surface area contributed by atoms with Crippen molar-refractivity contribution >= 4 is 22.4 Å². The zero-order valence-corrected chi connectivity index (χ0v) is 15.7. The number of hydrogen-bond donors (Lipinski definition) is 1. The highest BCUT2D eigenvalue weighted by atomic mass is 32.1. The molecule has 29 heavy (non-hydrogen) atoms. The van der Waals surface area contributed by atoms with Gasteiger partial charge in [-0.25, -0.2) is 4.98 Å². The Balaban J connectivity index is 1.39. The first-order valence-corrected chi connectivity index (χ1v) is 9.50. The molecule has 1 aliphatic heterocycles. The van der Waals surface area contributed by atoms with Gasteiger partial charge in [0.1, 0.15) is 6.61 Å². The molecule has 0 spiro atoms. The van der Waals surface area contributed by atoms with Crippen LogP contribution in [0.2, 0.25) is 0 Å². The van der Waals surface area contributed by atoms with E-state index in [-0.39, 0.29) is 13.0 Å². The van der Waals surface area contributed by atoms with Crippen molar-refractivity contribution in [3.63, 3.8) is 0 Å². The standard InChI is InChI=1S/C20H15F3N2O3S/c21-20(22,23)13-5-3-4-12(8-13)9-14-10-24-19(29-14)25-18(26)17-11-27-15-6-1-2-7-16(15)28-17/h1-8,10,17H,9,11H2,(H,24,25,26). The van der Waals surface area contributed by atoms with Gasteiger partial charge in [-0.3, -0.25) is 10.1 Å². The molecule has 1 aromatic heterocycles. The van der Waals surface area contributed by atoms with Gasteiger partial charge in [0.2, 0.25) is 6.10 Å². The van der Waals surface area contributed by atoms with Crippen LogP contribution in [0.25, 0.3) is 0 Å². The zero-order chi connectivity index (χ0) is 20.4. The quantitative estimate of drug-likeness (QED) is 0.674. The summed E-state index contributed by atoms with van der Waals surface area (Å²) in [5.74, 6) is 0.664. The topological polar surface area (TPSA) is 60.5 Å². The van der Waals surface area contributed by atoms with Crippen molar-refractivity contribution in [1.82, 2.24) is 4.98 Å². The van der Waals surface area contributed by atoms with E-state index in [1.807, 2.05) is 6.07 Å². The smallest absolute Gasteiger partial charge is 0.416 e. The van der Waals surface area contributed by atoms with E-state index < -0.39 is 23.8 Å². The third-order valence-corrected chi connectivity index (χ3v) is 5.13. The zero-order valence-electron chi connectivity index (χ0n) is 14.9.